The maximum absolute atomic E-state index is 12.0. The summed E-state index contributed by atoms with van der Waals surface area (Å²) in [6, 6.07) is 0. The summed E-state index contributed by atoms with van der Waals surface area (Å²) in [5, 5.41) is 9.75. The van der Waals surface area contributed by atoms with Crippen molar-refractivity contribution in [2.45, 2.75) is 45.8 Å². The second-order valence-corrected chi connectivity index (χ2v) is 4.00. The summed E-state index contributed by atoms with van der Waals surface area (Å²) in [5.41, 5.74) is 1.56. The van der Waals surface area contributed by atoms with E-state index in [1.165, 1.54) is 0 Å². The second kappa shape index (κ2) is 4.97. The number of aryl methyl sites for hydroxylation is 1. The predicted molar refractivity (Wildman–Crippen MR) is 64.1 cm³/mol. The molecule has 0 amide bonds. The lowest BCUT2D eigenvalue weighted by molar-refractivity contribution is 0.130. The van der Waals surface area contributed by atoms with Crippen molar-refractivity contribution in [1.82, 2.24) is 9.55 Å². The molecule has 0 fully saturated rings. The molecule has 5 heteroatoms. The first-order valence-electron chi connectivity index (χ1n) is 5.43. The van der Waals surface area contributed by atoms with Crippen LogP contribution < -0.4 is 5.56 Å². The van der Waals surface area contributed by atoms with Gasteiger partial charge < -0.3 is 5.11 Å². The summed E-state index contributed by atoms with van der Waals surface area (Å²) >= 11 is 0. The van der Waals surface area contributed by atoms with Crippen molar-refractivity contribution < 1.29 is 5.11 Å². The van der Waals surface area contributed by atoms with Crippen LogP contribution in [0.5, 0.6) is 0 Å². The molecule has 1 aliphatic heterocycles. The van der Waals surface area contributed by atoms with E-state index in [2.05, 4.69) is 4.98 Å². The Morgan fingerprint density at radius 1 is 1.56 bits per heavy atom. The molecular formula is C11H17ClN2O2. The van der Waals surface area contributed by atoms with Gasteiger partial charge in [-0.05, 0) is 26.2 Å². The minimum Gasteiger partial charge on any atom is -0.385 e. The molecule has 1 aromatic rings. The Morgan fingerprint density at radius 3 is 2.88 bits per heavy atom. The number of halogens is 1. The molecule has 2 heterocycles. The standard InChI is InChI=1S/C11H16N2O2.ClH/c1-3-8-7(2)12-10-9(14)5-4-6-13(10)11(8)15;/h9,14H,3-6H2,1-2H3;1H. The summed E-state index contributed by atoms with van der Waals surface area (Å²) in [5.74, 6) is 0.543. The van der Waals surface area contributed by atoms with Gasteiger partial charge in [0.05, 0.1) is 0 Å². The van der Waals surface area contributed by atoms with Crippen molar-refractivity contribution in [3.8, 4) is 0 Å². The third kappa shape index (κ3) is 1.99. The number of nitrogens with zero attached hydrogens (tertiary/aromatic N) is 2. The summed E-state index contributed by atoms with van der Waals surface area (Å²) < 4.78 is 1.62. The molecule has 16 heavy (non-hydrogen) atoms. The van der Waals surface area contributed by atoms with Crippen LogP contribution >= 0.6 is 12.4 Å². The fraction of sp³-hybridized carbons (Fsp3) is 0.636. The molecule has 1 aromatic heterocycles. The lowest BCUT2D eigenvalue weighted by Crippen LogP contribution is -2.33. The molecule has 0 aliphatic carbocycles. The van der Waals surface area contributed by atoms with Crippen LogP contribution in [0.4, 0.5) is 0 Å². The number of hydrogen-bond acceptors (Lipinski definition) is 3. The van der Waals surface area contributed by atoms with E-state index < -0.39 is 6.10 Å². The van der Waals surface area contributed by atoms with Gasteiger partial charge in [-0.15, -0.1) is 12.4 Å². The fourth-order valence-corrected chi connectivity index (χ4v) is 2.17. The normalized spacial score (nSPS) is 18.8. The van der Waals surface area contributed by atoms with E-state index in [9.17, 15) is 9.90 Å². The third-order valence-electron chi connectivity index (χ3n) is 3.01. The van der Waals surface area contributed by atoms with Gasteiger partial charge in [0, 0.05) is 17.8 Å². The average Bonchev–Trinajstić information content (AvgIpc) is 2.20. The van der Waals surface area contributed by atoms with E-state index in [-0.39, 0.29) is 18.0 Å². The number of fused-ring (bicyclic) bond motifs is 1. The molecule has 0 saturated heterocycles. The highest BCUT2D eigenvalue weighted by atomic mass is 35.5. The molecule has 1 N–H and O–H groups in total. The number of aromatic nitrogens is 2. The molecule has 1 atom stereocenters. The minimum absolute atomic E-state index is 0. The van der Waals surface area contributed by atoms with Gasteiger partial charge in [-0.2, -0.15) is 0 Å². The van der Waals surface area contributed by atoms with Gasteiger partial charge in [-0.3, -0.25) is 9.36 Å². The molecule has 0 bridgehead atoms. The lowest BCUT2D eigenvalue weighted by Gasteiger charge is -2.23. The van der Waals surface area contributed by atoms with Gasteiger partial charge in [-0.25, -0.2) is 4.98 Å². The molecule has 4 nitrogen and oxygen atoms in total. The molecule has 0 aromatic carbocycles. The zero-order valence-corrected chi connectivity index (χ0v) is 10.4. The van der Waals surface area contributed by atoms with E-state index in [1.54, 1.807) is 4.57 Å². The third-order valence-corrected chi connectivity index (χ3v) is 3.01. The molecule has 90 valence electrons. The van der Waals surface area contributed by atoms with Crippen molar-refractivity contribution in [3.05, 3.63) is 27.4 Å². The van der Waals surface area contributed by atoms with Crippen molar-refractivity contribution >= 4 is 12.4 Å². The van der Waals surface area contributed by atoms with Gasteiger partial charge in [0.2, 0.25) is 0 Å². The van der Waals surface area contributed by atoms with Crippen molar-refractivity contribution in [2.24, 2.45) is 0 Å². The number of hydrogen-bond donors (Lipinski definition) is 1. The highest BCUT2D eigenvalue weighted by molar-refractivity contribution is 5.85. The van der Waals surface area contributed by atoms with Crippen LogP contribution in [0.15, 0.2) is 4.79 Å². The first kappa shape index (κ1) is 13.2. The monoisotopic (exact) mass is 244 g/mol. The number of aliphatic hydroxyl groups excluding tert-OH is 1. The van der Waals surface area contributed by atoms with Crippen molar-refractivity contribution in [2.75, 3.05) is 0 Å². The van der Waals surface area contributed by atoms with Crippen LogP contribution in [-0.2, 0) is 13.0 Å². The smallest absolute Gasteiger partial charge is 0.256 e. The number of aliphatic hydroxyl groups is 1. The lowest BCUT2D eigenvalue weighted by atomic mass is 10.1. The first-order chi connectivity index (χ1) is 7.15. The van der Waals surface area contributed by atoms with Crippen molar-refractivity contribution in [1.29, 1.82) is 0 Å². The fourth-order valence-electron chi connectivity index (χ4n) is 2.17. The Morgan fingerprint density at radius 2 is 2.25 bits per heavy atom. The summed E-state index contributed by atoms with van der Waals surface area (Å²) in [4.78, 5) is 16.4. The van der Waals surface area contributed by atoms with Crippen LogP contribution in [-0.4, -0.2) is 14.7 Å². The topological polar surface area (TPSA) is 55.1 Å². The van der Waals surface area contributed by atoms with Crippen LogP contribution in [0.25, 0.3) is 0 Å². The quantitative estimate of drug-likeness (QED) is 0.812. The van der Waals surface area contributed by atoms with E-state index >= 15 is 0 Å². The van der Waals surface area contributed by atoms with E-state index in [0.29, 0.717) is 25.2 Å². The zero-order chi connectivity index (χ0) is 11.0. The summed E-state index contributed by atoms with van der Waals surface area (Å²) in [6.07, 6.45) is 1.68. The first-order valence-corrected chi connectivity index (χ1v) is 5.43. The Hall–Kier alpha value is -0.870. The highest BCUT2D eigenvalue weighted by Crippen LogP contribution is 2.21. The van der Waals surface area contributed by atoms with Crippen LogP contribution in [0.2, 0.25) is 0 Å². The van der Waals surface area contributed by atoms with Gasteiger partial charge in [0.15, 0.2) is 0 Å². The highest BCUT2D eigenvalue weighted by Gasteiger charge is 2.22. The Labute approximate surface area is 101 Å². The van der Waals surface area contributed by atoms with Gasteiger partial charge in [0.25, 0.3) is 5.56 Å². The molecule has 1 aliphatic rings. The van der Waals surface area contributed by atoms with E-state index in [4.69, 9.17) is 0 Å². The van der Waals surface area contributed by atoms with Gasteiger partial charge >= 0.3 is 0 Å². The van der Waals surface area contributed by atoms with Crippen LogP contribution in [0.3, 0.4) is 0 Å². The second-order valence-electron chi connectivity index (χ2n) is 4.00. The SMILES string of the molecule is CCc1c(C)nc2n(c1=O)CCCC2O.Cl. The summed E-state index contributed by atoms with van der Waals surface area (Å²) in [7, 11) is 0. The van der Waals surface area contributed by atoms with E-state index in [0.717, 1.165) is 17.7 Å². The Kier molecular flexibility index (Phi) is 4.10. The maximum atomic E-state index is 12.0. The van der Waals surface area contributed by atoms with Crippen LogP contribution in [0, 0.1) is 6.92 Å². The maximum Gasteiger partial charge on any atom is 0.256 e. The minimum atomic E-state index is -0.573. The molecule has 0 radical (unpaired) electrons. The predicted octanol–water partition coefficient (Wildman–Crippen LogP) is 1.36. The molecule has 0 saturated carbocycles. The Balaban J connectivity index is 0.00000128. The van der Waals surface area contributed by atoms with Crippen molar-refractivity contribution in [3.63, 3.8) is 0 Å². The molecule has 2 rings (SSSR count). The molecule has 1 unspecified atom stereocenters. The largest absolute Gasteiger partial charge is 0.385 e. The molecule has 0 spiro atoms. The molecular weight excluding hydrogens is 228 g/mol. The van der Waals surface area contributed by atoms with Gasteiger partial charge in [-0.1, -0.05) is 6.92 Å². The van der Waals surface area contributed by atoms with Gasteiger partial charge in [0.1, 0.15) is 11.9 Å². The van der Waals surface area contributed by atoms with E-state index in [1.807, 2.05) is 13.8 Å². The summed E-state index contributed by atoms with van der Waals surface area (Å²) in [6.45, 7) is 4.48. The number of rotatable bonds is 1. The zero-order valence-electron chi connectivity index (χ0n) is 9.56. The average molecular weight is 245 g/mol. The van der Waals surface area contributed by atoms with Crippen LogP contribution in [0.1, 0.15) is 43.0 Å². The Bertz CT molecular complexity index is 442.